The van der Waals surface area contributed by atoms with E-state index in [2.05, 4.69) is 18.2 Å². The number of hydrogen-bond acceptors (Lipinski definition) is 2. The van der Waals surface area contributed by atoms with Crippen LogP contribution in [0.1, 0.15) is 49.1 Å². The van der Waals surface area contributed by atoms with Gasteiger partial charge >= 0.3 is 5.97 Å². The van der Waals surface area contributed by atoms with Crippen LogP contribution in [0.4, 0.5) is 0 Å². The number of nitrogens with zero attached hydrogens (tertiary/aromatic N) is 1. The summed E-state index contributed by atoms with van der Waals surface area (Å²) in [4.78, 5) is 10.4. The minimum Gasteiger partial charge on any atom is -0.478 e. The summed E-state index contributed by atoms with van der Waals surface area (Å²) in [6.45, 7) is 0. The number of aliphatic carboxylic acids is 1. The fourth-order valence-corrected chi connectivity index (χ4v) is 2.92. The maximum Gasteiger partial charge on any atom is 0.327 e. The van der Waals surface area contributed by atoms with Crippen molar-refractivity contribution in [2.45, 2.75) is 38.0 Å². The van der Waals surface area contributed by atoms with Crippen molar-refractivity contribution in [1.29, 1.82) is 5.26 Å². The molecule has 0 amide bonds. The molecule has 0 spiro atoms. The van der Waals surface area contributed by atoms with Gasteiger partial charge in [-0.25, -0.2) is 4.79 Å². The van der Waals surface area contributed by atoms with E-state index in [1.807, 2.05) is 12.1 Å². The third-order valence-corrected chi connectivity index (χ3v) is 4.09. The van der Waals surface area contributed by atoms with Crippen molar-refractivity contribution < 1.29 is 9.90 Å². The Morgan fingerprint density at radius 1 is 1.25 bits per heavy atom. The van der Waals surface area contributed by atoms with Crippen molar-refractivity contribution in [2.75, 3.05) is 0 Å². The molecular weight excluding hydrogens is 250 g/mol. The zero-order chi connectivity index (χ0) is 14.4. The summed E-state index contributed by atoms with van der Waals surface area (Å²) in [5.41, 5.74) is 2.03. The maximum atomic E-state index is 10.4. The van der Waals surface area contributed by atoms with Crippen LogP contribution in [-0.4, -0.2) is 11.1 Å². The molecule has 0 atom stereocenters. The van der Waals surface area contributed by atoms with Crippen molar-refractivity contribution in [1.82, 2.24) is 0 Å². The predicted octanol–water partition coefficient (Wildman–Crippen LogP) is 3.86. The van der Waals surface area contributed by atoms with E-state index in [0.29, 0.717) is 17.4 Å². The maximum absolute atomic E-state index is 10.4. The van der Waals surface area contributed by atoms with E-state index in [1.165, 1.54) is 11.6 Å². The van der Waals surface area contributed by atoms with Crippen LogP contribution in [0.3, 0.4) is 0 Å². The van der Waals surface area contributed by atoms with Gasteiger partial charge in [-0.3, -0.25) is 0 Å². The summed E-state index contributed by atoms with van der Waals surface area (Å²) in [6.07, 6.45) is 8.48. The molecule has 1 saturated carbocycles. The fourth-order valence-electron chi connectivity index (χ4n) is 2.92. The SMILES string of the molecule is N#Cc1ccc(C2CCC(C/C=C/C(=O)O)CC2)cc1. The predicted molar refractivity (Wildman–Crippen MR) is 77.2 cm³/mol. The Morgan fingerprint density at radius 2 is 1.90 bits per heavy atom. The first-order valence-corrected chi connectivity index (χ1v) is 7.08. The Kier molecular flexibility index (Phi) is 4.95. The lowest BCUT2D eigenvalue weighted by atomic mass is 9.77. The molecule has 2 rings (SSSR count). The van der Waals surface area contributed by atoms with Gasteiger partial charge in [0.2, 0.25) is 0 Å². The molecular formula is C17H19NO2. The van der Waals surface area contributed by atoms with E-state index in [9.17, 15) is 4.79 Å². The highest BCUT2D eigenvalue weighted by molar-refractivity contribution is 5.79. The Balaban J connectivity index is 1.84. The van der Waals surface area contributed by atoms with Crippen molar-refractivity contribution in [3.05, 3.63) is 47.5 Å². The highest BCUT2D eigenvalue weighted by Crippen LogP contribution is 2.37. The van der Waals surface area contributed by atoms with Gasteiger partial charge in [0.25, 0.3) is 0 Å². The molecule has 0 aliphatic heterocycles. The summed E-state index contributed by atoms with van der Waals surface area (Å²) in [6, 6.07) is 10.0. The van der Waals surface area contributed by atoms with Crippen LogP contribution in [-0.2, 0) is 4.79 Å². The van der Waals surface area contributed by atoms with Gasteiger partial charge in [0.1, 0.15) is 0 Å². The Bertz CT molecular complexity index is 517. The Hall–Kier alpha value is -2.08. The summed E-state index contributed by atoms with van der Waals surface area (Å²) in [5, 5.41) is 17.4. The first-order valence-electron chi connectivity index (χ1n) is 7.08. The first kappa shape index (κ1) is 14.3. The van der Waals surface area contributed by atoms with Crippen LogP contribution in [0, 0.1) is 17.2 Å². The quantitative estimate of drug-likeness (QED) is 0.844. The van der Waals surface area contributed by atoms with Gasteiger partial charge in [0.05, 0.1) is 11.6 Å². The van der Waals surface area contributed by atoms with E-state index in [-0.39, 0.29) is 0 Å². The molecule has 3 nitrogen and oxygen atoms in total. The van der Waals surface area contributed by atoms with Gasteiger partial charge < -0.3 is 5.11 Å². The average Bonchev–Trinajstić information content (AvgIpc) is 2.48. The van der Waals surface area contributed by atoms with Crippen LogP contribution in [0.25, 0.3) is 0 Å². The molecule has 20 heavy (non-hydrogen) atoms. The van der Waals surface area contributed by atoms with Gasteiger partial charge in [0.15, 0.2) is 0 Å². The summed E-state index contributed by atoms with van der Waals surface area (Å²) >= 11 is 0. The van der Waals surface area contributed by atoms with Gasteiger partial charge in [-0.2, -0.15) is 5.26 Å². The first-order chi connectivity index (χ1) is 9.69. The zero-order valence-electron chi connectivity index (χ0n) is 11.5. The molecule has 0 bridgehead atoms. The van der Waals surface area contributed by atoms with Crippen molar-refractivity contribution in [3.8, 4) is 6.07 Å². The van der Waals surface area contributed by atoms with Crippen LogP contribution < -0.4 is 0 Å². The van der Waals surface area contributed by atoms with Crippen LogP contribution in [0.5, 0.6) is 0 Å². The number of carboxylic acids is 1. The molecule has 3 heteroatoms. The smallest absolute Gasteiger partial charge is 0.327 e. The monoisotopic (exact) mass is 269 g/mol. The minimum absolute atomic E-state index is 0.586. The molecule has 1 aromatic carbocycles. The van der Waals surface area contributed by atoms with E-state index >= 15 is 0 Å². The zero-order valence-corrected chi connectivity index (χ0v) is 11.5. The van der Waals surface area contributed by atoms with Gasteiger partial charge in [-0.05, 0) is 61.6 Å². The fraction of sp³-hybridized carbons (Fsp3) is 0.412. The lowest BCUT2D eigenvalue weighted by Crippen LogP contribution is -2.12. The van der Waals surface area contributed by atoms with E-state index in [4.69, 9.17) is 10.4 Å². The molecule has 1 aliphatic rings. The van der Waals surface area contributed by atoms with Crippen LogP contribution in [0.2, 0.25) is 0 Å². The van der Waals surface area contributed by atoms with Crippen molar-refractivity contribution in [2.24, 2.45) is 5.92 Å². The molecule has 0 radical (unpaired) electrons. The third-order valence-electron chi connectivity index (χ3n) is 4.09. The molecule has 0 saturated heterocycles. The van der Waals surface area contributed by atoms with Gasteiger partial charge in [-0.15, -0.1) is 0 Å². The molecule has 1 fully saturated rings. The standard InChI is InChI=1S/C17H19NO2/c18-12-14-6-10-16(11-7-14)15-8-4-13(5-9-15)2-1-3-17(19)20/h1,3,6-7,10-11,13,15H,2,4-5,8-9H2,(H,19,20)/b3-1+. The van der Waals surface area contributed by atoms with Crippen LogP contribution >= 0.6 is 0 Å². The second kappa shape index (κ2) is 6.91. The lowest BCUT2D eigenvalue weighted by molar-refractivity contribution is -0.131. The number of hydrogen-bond donors (Lipinski definition) is 1. The molecule has 0 unspecified atom stereocenters. The lowest BCUT2D eigenvalue weighted by Gasteiger charge is -2.28. The minimum atomic E-state index is -0.865. The van der Waals surface area contributed by atoms with E-state index in [1.54, 1.807) is 6.08 Å². The molecule has 1 aliphatic carbocycles. The summed E-state index contributed by atoms with van der Waals surface area (Å²) in [5.74, 6) is 0.332. The number of nitriles is 1. The number of carboxylic acid groups (broad SMARTS) is 1. The van der Waals surface area contributed by atoms with Gasteiger partial charge in [0, 0.05) is 6.08 Å². The topological polar surface area (TPSA) is 61.1 Å². The molecule has 104 valence electrons. The van der Waals surface area contributed by atoms with Crippen molar-refractivity contribution >= 4 is 5.97 Å². The molecule has 1 aromatic rings. The highest BCUT2D eigenvalue weighted by atomic mass is 16.4. The number of benzene rings is 1. The number of allylic oxidation sites excluding steroid dienone is 1. The summed E-state index contributed by atoms with van der Waals surface area (Å²) < 4.78 is 0. The van der Waals surface area contributed by atoms with E-state index < -0.39 is 5.97 Å². The van der Waals surface area contributed by atoms with Crippen molar-refractivity contribution in [3.63, 3.8) is 0 Å². The normalized spacial score (nSPS) is 22.6. The molecule has 0 aromatic heterocycles. The second-order valence-electron chi connectivity index (χ2n) is 5.43. The number of rotatable bonds is 4. The average molecular weight is 269 g/mol. The summed E-state index contributed by atoms with van der Waals surface area (Å²) in [7, 11) is 0. The molecule has 1 N–H and O–H groups in total. The van der Waals surface area contributed by atoms with E-state index in [0.717, 1.165) is 32.1 Å². The Morgan fingerprint density at radius 3 is 2.45 bits per heavy atom. The molecule has 0 heterocycles. The third kappa shape index (κ3) is 3.96. The Labute approximate surface area is 119 Å². The van der Waals surface area contributed by atoms with Gasteiger partial charge in [-0.1, -0.05) is 18.2 Å². The highest BCUT2D eigenvalue weighted by Gasteiger charge is 2.21. The largest absolute Gasteiger partial charge is 0.478 e. The second-order valence-corrected chi connectivity index (χ2v) is 5.43. The number of carbonyl (C=O) groups is 1. The van der Waals surface area contributed by atoms with Crippen LogP contribution in [0.15, 0.2) is 36.4 Å².